The van der Waals surface area contributed by atoms with Crippen LogP contribution in [0.5, 0.6) is 0 Å². The van der Waals surface area contributed by atoms with Crippen molar-refractivity contribution >= 4 is 5.69 Å². The van der Waals surface area contributed by atoms with Gasteiger partial charge in [-0.1, -0.05) is 32.9 Å². The van der Waals surface area contributed by atoms with E-state index in [1.807, 2.05) is 12.1 Å². The summed E-state index contributed by atoms with van der Waals surface area (Å²) >= 11 is 0. The van der Waals surface area contributed by atoms with E-state index in [-0.39, 0.29) is 5.41 Å². The Labute approximate surface area is 118 Å². The molecule has 106 valence electrons. The van der Waals surface area contributed by atoms with Crippen molar-refractivity contribution in [1.29, 1.82) is 0 Å². The number of rotatable bonds is 3. The number of hydrogen-bond donors (Lipinski definition) is 1. The van der Waals surface area contributed by atoms with Crippen molar-refractivity contribution in [3.05, 3.63) is 65.2 Å². The average Bonchev–Trinajstić information content (AvgIpc) is 2.35. The summed E-state index contributed by atoms with van der Waals surface area (Å²) < 4.78 is 26.1. The quantitative estimate of drug-likeness (QED) is 0.842. The van der Waals surface area contributed by atoms with E-state index >= 15 is 0 Å². The molecule has 2 aromatic carbocycles. The second kappa shape index (κ2) is 5.61. The minimum absolute atomic E-state index is 0.115. The molecule has 1 N–H and O–H groups in total. The molecule has 0 saturated heterocycles. The Hall–Kier alpha value is -1.90. The summed E-state index contributed by atoms with van der Waals surface area (Å²) in [7, 11) is 0. The van der Waals surface area contributed by atoms with Crippen LogP contribution in [-0.4, -0.2) is 0 Å². The SMILES string of the molecule is CC(C)(C)c1ccc(NCc2cc(F)cc(F)c2)cc1. The molecule has 0 amide bonds. The van der Waals surface area contributed by atoms with Crippen LogP contribution in [0.2, 0.25) is 0 Å². The lowest BCUT2D eigenvalue weighted by Gasteiger charge is -2.19. The van der Waals surface area contributed by atoms with Crippen LogP contribution in [0.3, 0.4) is 0 Å². The Balaban J connectivity index is 2.04. The lowest BCUT2D eigenvalue weighted by molar-refractivity contribution is 0.580. The van der Waals surface area contributed by atoms with Crippen molar-refractivity contribution in [2.45, 2.75) is 32.7 Å². The minimum atomic E-state index is -0.551. The van der Waals surface area contributed by atoms with Gasteiger partial charge < -0.3 is 5.32 Å². The van der Waals surface area contributed by atoms with Crippen molar-refractivity contribution in [1.82, 2.24) is 0 Å². The molecule has 0 atom stereocenters. The molecule has 0 aromatic heterocycles. The van der Waals surface area contributed by atoms with Gasteiger partial charge in [0.1, 0.15) is 11.6 Å². The molecule has 0 aliphatic rings. The second-order valence-corrected chi connectivity index (χ2v) is 5.96. The van der Waals surface area contributed by atoms with Crippen LogP contribution in [0.1, 0.15) is 31.9 Å². The molecule has 0 saturated carbocycles. The van der Waals surface area contributed by atoms with E-state index in [1.54, 1.807) is 0 Å². The molecule has 2 rings (SSSR count). The number of anilines is 1. The average molecular weight is 275 g/mol. The molecule has 20 heavy (non-hydrogen) atoms. The van der Waals surface area contributed by atoms with Gasteiger partial charge in [-0.05, 0) is 40.8 Å². The maximum Gasteiger partial charge on any atom is 0.126 e. The van der Waals surface area contributed by atoms with E-state index in [0.717, 1.165) is 11.8 Å². The highest BCUT2D eigenvalue weighted by molar-refractivity contribution is 5.46. The zero-order chi connectivity index (χ0) is 14.8. The highest BCUT2D eigenvalue weighted by Gasteiger charge is 2.12. The van der Waals surface area contributed by atoms with Crippen molar-refractivity contribution in [2.24, 2.45) is 0 Å². The maximum absolute atomic E-state index is 13.1. The van der Waals surface area contributed by atoms with E-state index in [2.05, 4.69) is 38.2 Å². The van der Waals surface area contributed by atoms with Gasteiger partial charge in [-0.15, -0.1) is 0 Å². The predicted molar refractivity (Wildman–Crippen MR) is 78.8 cm³/mol. The summed E-state index contributed by atoms with van der Waals surface area (Å²) in [6.45, 7) is 6.87. The van der Waals surface area contributed by atoms with E-state index in [0.29, 0.717) is 12.1 Å². The van der Waals surface area contributed by atoms with Crippen LogP contribution >= 0.6 is 0 Å². The molecule has 0 unspecified atom stereocenters. The summed E-state index contributed by atoms with van der Waals surface area (Å²) in [6.07, 6.45) is 0. The first kappa shape index (κ1) is 14.5. The lowest BCUT2D eigenvalue weighted by atomic mass is 9.87. The number of hydrogen-bond acceptors (Lipinski definition) is 1. The highest BCUT2D eigenvalue weighted by Crippen LogP contribution is 2.23. The lowest BCUT2D eigenvalue weighted by Crippen LogP contribution is -2.10. The van der Waals surface area contributed by atoms with Gasteiger partial charge in [0, 0.05) is 18.3 Å². The van der Waals surface area contributed by atoms with Gasteiger partial charge in [0.15, 0.2) is 0 Å². The van der Waals surface area contributed by atoms with Crippen molar-refractivity contribution in [3.8, 4) is 0 Å². The fourth-order valence-electron chi connectivity index (χ4n) is 2.01. The van der Waals surface area contributed by atoms with Gasteiger partial charge in [-0.2, -0.15) is 0 Å². The van der Waals surface area contributed by atoms with Crippen molar-refractivity contribution < 1.29 is 8.78 Å². The number of halogens is 2. The van der Waals surface area contributed by atoms with Crippen LogP contribution in [-0.2, 0) is 12.0 Å². The molecule has 0 heterocycles. The molecule has 0 radical (unpaired) electrons. The van der Waals surface area contributed by atoms with Crippen molar-refractivity contribution in [2.75, 3.05) is 5.32 Å². The molecular formula is C17H19F2N. The first-order chi connectivity index (χ1) is 9.34. The summed E-state index contributed by atoms with van der Waals surface area (Å²) in [5.41, 5.74) is 2.88. The van der Waals surface area contributed by atoms with Crippen LogP contribution in [0.25, 0.3) is 0 Å². The monoisotopic (exact) mass is 275 g/mol. The summed E-state index contributed by atoms with van der Waals surface area (Å²) in [6, 6.07) is 11.6. The van der Waals surface area contributed by atoms with Crippen LogP contribution < -0.4 is 5.32 Å². The first-order valence-electron chi connectivity index (χ1n) is 6.64. The predicted octanol–water partition coefficient (Wildman–Crippen LogP) is 4.87. The fraction of sp³-hybridized carbons (Fsp3) is 0.294. The van der Waals surface area contributed by atoms with Gasteiger partial charge in [0.05, 0.1) is 0 Å². The smallest absolute Gasteiger partial charge is 0.126 e. The molecule has 0 spiro atoms. The Bertz CT molecular complexity index is 563. The summed E-state index contributed by atoms with van der Waals surface area (Å²) in [4.78, 5) is 0. The van der Waals surface area contributed by atoms with Gasteiger partial charge in [0.25, 0.3) is 0 Å². The highest BCUT2D eigenvalue weighted by atomic mass is 19.1. The Morgan fingerprint density at radius 2 is 1.45 bits per heavy atom. The van der Waals surface area contributed by atoms with E-state index < -0.39 is 11.6 Å². The molecule has 0 aliphatic carbocycles. The summed E-state index contributed by atoms with van der Waals surface area (Å²) in [5, 5.41) is 3.16. The van der Waals surface area contributed by atoms with E-state index in [1.165, 1.54) is 17.7 Å². The van der Waals surface area contributed by atoms with E-state index in [9.17, 15) is 8.78 Å². The normalized spacial score (nSPS) is 11.4. The van der Waals surface area contributed by atoms with Gasteiger partial charge in [-0.3, -0.25) is 0 Å². The first-order valence-corrected chi connectivity index (χ1v) is 6.64. The third-order valence-electron chi connectivity index (χ3n) is 3.17. The minimum Gasteiger partial charge on any atom is -0.381 e. The Morgan fingerprint density at radius 3 is 1.95 bits per heavy atom. The van der Waals surface area contributed by atoms with Crippen LogP contribution in [0.15, 0.2) is 42.5 Å². The fourth-order valence-corrected chi connectivity index (χ4v) is 2.01. The van der Waals surface area contributed by atoms with Crippen LogP contribution in [0.4, 0.5) is 14.5 Å². The molecule has 1 nitrogen and oxygen atoms in total. The summed E-state index contributed by atoms with van der Waals surface area (Å²) in [5.74, 6) is -1.10. The zero-order valence-electron chi connectivity index (χ0n) is 12.0. The van der Waals surface area contributed by atoms with Gasteiger partial charge in [-0.25, -0.2) is 8.78 Å². The molecule has 0 aliphatic heterocycles. The number of nitrogens with one attached hydrogen (secondary N) is 1. The number of benzene rings is 2. The van der Waals surface area contributed by atoms with E-state index in [4.69, 9.17) is 0 Å². The zero-order valence-corrected chi connectivity index (χ0v) is 12.0. The largest absolute Gasteiger partial charge is 0.381 e. The maximum atomic E-state index is 13.1. The molecule has 3 heteroatoms. The van der Waals surface area contributed by atoms with Crippen molar-refractivity contribution in [3.63, 3.8) is 0 Å². The Kier molecular flexibility index (Phi) is 4.07. The molecule has 0 fully saturated rings. The van der Waals surface area contributed by atoms with Gasteiger partial charge >= 0.3 is 0 Å². The molecular weight excluding hydrogens is 256 g/mol. The Morgan fingerprint density at radius 1 is 0.900 bits per heavy atom. The topological polar surface area (TPSA) is 12.0 Å². The second-order valence-electron chi connectivity index (χ2n) is 5.96. The molecule has 2 aromatic rings. The van der Waals surface area contributed by atoms with Gasteiger partial charge in [0.2, 0.25) is 0 Å². The van der Waals surface area contributed by atoms with Crippen LogP contribution in [0, 0.1) is 11.6 Å². The molecule has 0 bridgehead atoms. The standard InChI is InChI=1S/C17H19F2N/c1-17(2,3)13-4-6-16(7-5-13)20-11-12-8-14(18)10-15(19)9-12/h4-10,20H,11H2,1-3H3. The third kappa shape index (κ3) is 3.80. The third-order valence-corrected chi connectivity index (χ3v) is 3.17.